The third-order valence-electron chi connectivity index (χ3n) is 1.38. The molecule has 1 rings (SSSR count). The summed E-state index contributed by atoms with van der Waals surface area (Å²) in [4.78, 5) is 0. The summed E-state index contributed by atoms with van der Waals surface area (Å²) in [5.41, 5.74) is 0. The van der Waals surface area contributed by atoms with Crippen molar-refractivity contribution in [1.82, 2.24) is 0 Å². The minimum Gasteiger partial charge on any atom is -0.662 e. The molecule has 2 heteroatoms. The maximum atomic E-state index is 4.18. The van der Waals surface area contributed by atoms with Gasteiger partial charge >= 0.3 is 21.7 Å². The Morgan fingerprint density at radius 1 is 0.909 bits per heavy atom. The SMILES string of the molecule is C1CC[N-]CC1.[CH2-]CC[CH2-].[Ti+3]. The summed E-state index contributed by atoms with van der Waals surface area (Å²) in [5.74, 6) is 0. The number of hydrogen-bond donors (Lipinski definition) is 0. The van der Waals surface area contributed by atoms with E-state index in [1.807, 2.05) is 0 Å². The molecule has 1 aliphatic heterocycles. The van der Waals surface area contributed by atoms with Gasteiger partial charge < -0.3 is 19.2 Å². The van der Waals surface area contributed by atoms with Crippen LogP contribution in [0.15, 0.2) is 0 Å². The van der Waals surface area contributed by atoms with Crippen LogP contribution in [0, 0.1) is 13.8 Å². The maximum absolute atomic E-state index is 4.18. The van der Waals surface area contributed by atoms with Gasteiger partial charge in [-0.05, 0) is 0 Å². The predicted octanol–water partition coefficient (Wildman–Crippen LogP) is 2.98. The summed E-state index contributed by atoms with van der Waals surface area (Å²) < 4.78 is 0. The van der Waals surface area contributed by atoms with Crippen molar-refractivity contribution in [2.75, 3.05) is 13.1 Å². The first-order valence-corrected chi connectivity index (χ1v) is 4.13. The molecule has 0 saturated carbocycles. The van der Waals surface area contributed by atoms with E-state index in [1.54, 1.807) is 0 Å². The van der Waals surface area contributed by atoms with Gasteiger partial charge in [-0.25, -0.2) is 12.8 Å². The molecular formula is C9H18NTi. The summed E-state index contributed by atoms with van der Waals surface area (Å²) in [6.07, 6.45) is 5.99. The van der Waals surface area contributed by atoms with Crippen molar-refractivity contribution in [2.45, 2.75) is 32.1 Å². The molecule has 1 radical (unpaired) electrons. The van der Waals surface area contributed by atoms with Crippen molar-refractivity contribution >= 4 is 0 Å². The Kier molecular flexibility index (Phi) is 17.2. The Balaban J connectivity index is 0. The van der Waals surface area contributed by atoms with Gasteiger partial charge in [-0.1, -0.05) is 19.3 Å². The molecule has 0 atom stereocenters. The third-order valence-corrected chi connectivity index (χ3v) is 1.38. The van der Waals surface area contributed by atoms with Crippen molar-refractivity contribution in [1.29, 1.82) is 0 Å². The van der Waals surface area contributed by atoms with Crippen LogP contribution in [0.5, 0.6) is 0 Å². The minimum absolute atomic E-state index is 0. The maximum Gasteiger partial charge on any atom is 3.00 e. The Morgan fingerprint density at radius 3 is 1.45 bits per heavy atom. The first-order chi connectivity index (χ1) is 4.91. The second kappa shape index (κ2) is 13.3. The normalized spacial score (nSPS) is 15.8. The monoisotopic (exact) mass is 188 g/mol. The molecule has 0 spiro atoms. The Labute approximate surface area is 86.2 Å². The van der Waals surface area contributed by atoms with Crippen LogP contribution in [0.1, 0.15) is 32.1 Å². The van der Waals surface area contributed by atoms with E-state index >= 15 is 0 Å². The summed E-state index contributed by atoms with van der Waals surface area (Å²) in [6, 6.07) is 0. The first-order valence-electron chi connectivity index (χ1n) is 4.13. The van der Waals surface area contributed by atoms with Crippen LogP contribution in [0.2, 0.25) is 0 Å². The van der Waals surface area contributed by atoms with Crippen molar-refractivity contribution < 1.29 is 21.7 Å². The molecule has 0 aromatic heterocycles. The standard InChI is InChI=1S/C5H10N.C4H8.Ti/c1-2-4-6-5-3-1;1-3-4-2;/h1-5H2;1-4H2;/q-1;-2;+3. The van der Waals surface area contributed by atoms with E-state index in [0.29, 0.717) is 0 Å². The zero-order chi connectivity index (χ0) is 7.66. The van der Waals surface area contributed by atoms with Crippen LogP contribution < -0.4 is 0 Å². The molecule has 0 aromatic rings. The van der Waals surface area contributed by atoms with Gasteiger partial charge in [0.2, 0.25) is 0 Å². The van der Waals surface area contributed by atoms with E-state index in [-0.39, 0.29) is 21.7 Å². The smallest absolute Gasteiger partial charge is 0.662 e. The number of piperidine rings is 1. The van der Waals surface area contributed by atoms with E-state index < -0.39 is 0 Å². The fraction of sp³-hybridized carbons (Fsp3) is 0.778. The summed E-state index contributed by atoms with van der Waals surface area (Å²) in [6.45, 7) is 9.33. The van der Waals surface area contributed by atoms with Gasteiger partial charge in [-0.3, -0.25) is 0 Å². The number of unbranched alkanes of at least 4 members (excludes halogenated alkanes) is 1. The molecule has 0 unspecified atom stereocenters. The van der Waals surface area contributed by atoms with Crippen LogP contribution in [0.4, 0.5) is 0 Å². The van der Waals surface area contributed by atoms with E-state index in [9.17, 15) is 0 Å². The summed E-state index contributed by atoms with van der Waals surface area (Å²) in [7, 11) is 0. The quantitative estimate of drug-likeness (QED) is 0.443. The number of nitrogens with zero attached hydrogens (tertiary/aromatic N) is 1. The van der Waals surface area contributed by atoms with E-state index in [1.165, 1.54) is 19.3 Å². The van der Waals surface area contributed by atoms with Gasteiger partial charge in [0.15, 0.2) is 0 Å². The van der Waals surface area contributed by atoms with Crippen LogP contribution >= 0.6 is 0 Å². The minimum atomic E-state index is 0. The Hall–Kier alpha value is 0.674. The van der Waals surface area contributed by atoms with Crippen LogP contribution in [-0.4, -0.2) is 13.1 Å². The second-order valence-electron chi connectivity index (χ2n) is 2.44. The van der Waals surface area contributed by atoms with Crippen LogP contribution in [0.25, 0.3) is 5.32 Å². The van der Waals surface area contributed by atoms with Crippen molar-refractivity contribution in [3.63, 3.8) is 0 Å². The molecule has 1 heterocycles. The number of hydrogen-bond acceptors (Lipinski definition) is 0. The van der Waals surface area contributed by atoms with Crippen molar-refractivity contribution in [3.8, 4) is 0 Å². The van der Waals surface area contributed by atoms with Gasteiger partial charge in [-0.15, -0.1) is 13.1 Å². The average Bonchev–Trinajstić information content (AvgIpc) is 2.08. The van der Waals surface area contributed by atoms with Gasteiger partial charge in [0.25, 0.3) is 0 Å². The van der Waals surface area contributed by atoms with E-state index in [4.69, 9.17) is 0 Å². The van der Waals surface area contributed by atoms with E-state index in [2.05, 4.69) is 19.2 Å². The molecule has 0 bridgehead atoms. The van der Waals surface area contributed by atoms with Gasteiger partial charge in [0.05, 0.1) is 0 Å². The van der Waals surface area contributed by atoms with Crippen LogP contribution in [0.3, 0.4) is 0 Å². The Morgan fingerprint density at radius 2 is 1.36 bits per heavy atom. The summed E-state index contributed by atoms with van der Waals surface area (Å²) >= 11 is 0. The zero-order valence-corrected chi connectivity index (χ0v) is 8.87. The zero-order valence-electron chi connectivity index (χ0n) is 7.31. The topological polar surface area (TPSA) is 14.1 Å². The van der Waals surface area contributed by atoms with Gasteiger partial charge in [0, 0.05) is 0 Å². The van der Waals surface area contributed by atoms with Gasteiger partial charge in [-0.2, -0.15) is 0 Å². The number of rotatable bonds is 1. The van der Waals surface area contributed by atoms with Crippen LogP contribution in [-0.2, 0) is 21.7 Å². The van der Waals surface area contributed by atoms with Crippen molar-refractivity contribution in [2.24, 2.45) is 0 Å². The molecule has 0 aromatic carbocycles. The molecule has 1 fully saturated rings. The fourth-order valence-corrected chi connectivity index (χ4v) is 0.736. The molecular weight excluding hydrogens is 170 g/mol. The molecule has 11 heavy (non-hydrogen) atoms. The second-order valence-corrected chi connectivity index (χ2v) is 2.44. The largest absolute Gasteiger partial charge is 3.00 e. The van der Waals surface area contributed by atoms with Crippen molar-refractivity contribution in [3.05, 3.63) is 19.2 Å². The molecule has 63 valence electrons. The summed E-state index contributed by atoms with van der Waals surface area (Å²) in [5, 5.41) is 4.18. The molecule has 1 nitrogen and oxygen atoms in total. The average molecular weight is 188 g/mol. The predicted molar refractivity (Wildman–Crippen MR) is 46.9 cm³/mol. The Bertz CT molecular complexity index is 40.0. The third kappa shape index (κ3) is 13.6. The first kappa shape index (κ1) is 14.2. The molecule has 0 aliphatic carbocycles. The molecule has 1 saturated heterocycles. The fourth-order valence-electron chi connectivity index (χ4n) is 0.736. The van der Waals surface area contributed by atoms with E-state index in [0.717, 1.165) is 25.9 Å². The molecule has 0 amide bonds. The molecule has 0 N–H and O–H groups in total. The molecule has 1 aliphatic rings. The van der Waals surface area contributed by atoms with Gasteiger partial charge in [0.1, 0.15) is 0 Å².